The minimum atomic E-state index is -0.401. The van der Waals surface area contributed by atoms with Gasteiger partial charge in [0, 0.05) is 37.2 Å². The highest BCUT2D eigenvalue weighted by Crippen LogP contribution is 2.37. The van der Waals surface area contributed by atoms with Gasteiger partial charge < -0.3 is 15.0 Å². The molecule has 1 aliphatic carbocycles. The second-order valence-corrected chi connectivity index (χ2v) is 10.9. The molecule has 0 radical (unpaired) electrons. The number of carbonyl (C=O) groups excluding carboxylic acids is 1. The Hall–Kier alpha value is -3.52. The molecule has 5 rings (SSSR count). The molecular formula is C28H34N6O2. The smallest absolute Gasteiger partial charge is 0.270 e. The Balaban J connectivity index is 1.18. The fourth-order valence-electron chi connectivity index (χ4n) is 5.14. The average molecular weight is 487 g/mol. The van der Waals surface area contributed by atoms with Crippen LogP contribution in [0.5, 0.6) is 0 Å². The molecule has 1 amide bonds. The molecule has 4 aromatic rings. The van der Waals surface area contributed by atoms with Gasteiger partial charge in [0.25, 0.3) is 11.5 Å². The zero-order chi connectivity index (χ0) is 25.3. The lowest BCUT2D eigenvalue weighted by atomic mass is 9.71. The first-order valence-electron chi connectivity index (χ1n) is 12.7. The van der Waals surface area contributed by atoms with Gasteiger partial charge in [-0.3, -0.25) is 14.0 Å². The van der Waals surface area contributed by atoms with Crippen LogP contribution in [0.2, 0.25) is 0 Å². The van der Waals surface area contributed by atoms with Gasteiger partial charge in [-0.25, -0.2) is 9.97 Å². The van der Waals surface area contributed by atoms with Crippen molar-refractivity contribution in [3.63, 3.8) is 0 Å². The van der Waals surface area contributed by atoms with Crippen LogP contribution in [0, 0.1) is 11.3 Å². The highest BCUT2D eigenvalue weighted by molar-refractivity contribution is 5.92. The fourth-order valence-corrected chi connectivity index (χ4v) is 5.14. The molecule has 0 aromatic carbocycles. The van der Waals surface area contributed by atoms with E-state index < -0.39 is 5.91 Å². The molecule has 1 aliphatic rings. The number of imidazole rings is 1. The minimum absolute atomic E-state index is 0.0971. The van der Waals surface area contributed by atoms with Crippen molar-refractivity contribution in [1.82, 2.24) is 29.4 Å². The maximum atomic E-state index is 12.6. The van der Waals surface area contributed by atoms with Gasteiger partial charge in [0.15, 0.2) is 0 Å². The van der Waals surface area contributed by atoms with Gasteiger partial charge >= 0.3 is 0 Å². The lowest BCUT2D eigenvalue weighted by Crippen LogP contribution is -2.35. The van der Waals surface area contributed by atoms with Crippen molar-refractivity contribution in [2.24, 2.45) is 11.3 Å². The number of nitrogens with one attached hydrogen (secondary N) is 2. The summed E-state index contributed by atoms with van der Waals surface area (Å²) in [5.41, 5.74) is 3.42. The molecule has 36 heavy (non-hydrogen) atoms. The third kappa shape index (κ3) is 5.33. The minimum Gasteiger partial charge on any atom is -0.345 e. The molecule has 0 aliphatic heterocycles. The van der Waals surface area contributed by atoms with Gasteiger partial charge in [0.1, 0.15) is 17.0 Å². The topological polar surface area (TPSA) is 92.8 Å². The van der Waals surface area contributed by atoms with Gasteiger partial charge in [-0.1, -0.05) is 32.9 Å². The Morgan fingerprint density at radius 1 is 1.00 bits per heavy atom. The van der Waals surface area contributed by atoms with Crippen LogP contribution < -0.4 is 16.2 Å². The number of hydrogen-bond donors (Lipinski definition) is 2. The van der Waals surface area contributed by atoms with E-state index in [9.17, 15) is 9.59 Å². The SMILES string of the molecule is CC(C)(C)C1CCC(NCc2ccc3nc(CNC(=O)c4cc(=O)n5ccccc5n4)cn3c2)CC1. The molecule has 8 heteroatoms. The van der Waals surface area contributed by atoms with E-state index in [4.69, 9.17) is 0 Å². The summed E-state index contributed by atoms with van der Waals surface area (Å²) in [4.78, 5) is 33.8. The van der Waals surface area contributed by atoms with Crippen molar-refractivity contribution in [1.29, 1.82) is 0 Å². The van der Waals surface area contributed by atoms with Gasteiger partial charge in [-0.15, -0.1) is 0 Å². The predicted octanol–water partition coefficient (Wildman–Crippen LogP) is 3.97. The first kappa shape index (κ1) is 24.2. The number of rotatable bonds is 6. The number of nitrogens with zero attached hydrogens (tertiary/aromatic N) is 4. The van der Waals surface area contributed by atoms with Crippen LogP contribution in [0.1, 0.15) is 68.2 Å². The van der Waals surface area contributed by atoms with Crippen LogP contribution in [-0.4, -0.2) is 30.7 Å². The summed E-state index contributed by atoms with van der Waals surface area (Å²) in [6, 6.07) is 11.2. The third-order valence-electron chi connectivity index (χ3n) is 7.34. The monoisotopic (exact) mass is 486 g/mol. The summed E-state index contributed by atoms with van der Waals surface area (Å²) in [7, 11) is 0. The number of hydrogen-bond acceptors (Lipinski definition) is 5. The summed E-state index contributed by atoms with van der Waals surface area (Å²) < 4.78 is 3.40. The number of fused-ring (bicyclic) bond motifs is 2. The van der Waals surface area contributed by atoms with Crippen LogP contribution in [-0.2, 0) is 13.1 Å². The average Bonchev–Trinajstić information content (AvgIpc) is 3.28. The molecule has 188 valence electrons. The number of amides is 1. The predicted molar refractivity (Wildman–Crippen MR) is 140 cm³/mol. The maximum Gasteiger partial charge on any atom is 0.270 e. The number of pyridine rings is 2. The van der Waals surface area contributed by atoms with Crippen LogP contribution in [0.15, 0.2) is 59.8 Å². The van der Waals surface area contributed by atoms with Crippen molar-refractivity contribution in [3.05, 3.63) is 82.3 Å². The van der Waals surface area contributed by atoms with Crippen LogP contribution in [0.4, 0.5) is 0 Å². The zero-order valence-corrected chi connectivity index (χ0v) is 21.2. The third-order valence-corrected chi connectivity index (χ3v) is 7.34. The van der Waals surface area contributed by atoms with Crippen molar-refractivity contribution in [3.8, 4) is 0 Å². The summed E-state index contributed by atoms with van der Waals surface area (Å²) >= 11 is 0. The molecule has 1 fully saturated rings. The van der Waals surface area contributed by atoms with Crippen molar-refractivity contribution < 1.29 is 4.79 Å². The quantitative estimate of drug-likeness (QED) is 0.430. The molecule has 0 atom stereocenters. The lowest BCUT2D eigenvalue weighted by Gasteiger charge is -2.37. The Bertz CT molecular complexity index is 1440. The van der Waals surface area contributed by atoms with Crippen molar-refractivity contribution in [2.75, 3.05) is 0 Å². The molecule has 4 heterocycles. The van der Waals surface area contributed by atoms with Gasteiger partial charge in [-0.05, 0) is 60.8 Å². The summed E-state index contributed by atoms with van der Waals surface area (Å²) in [5.74, 6) is 0.414. The molecular weight excluding hydrogens is 452 g/mol. The molecule has 0 saturated heterocycles. The van der Waals surface area contributed by atoms with E-state index >= 15 is 0 Å². The molecule has 8 nitrogen and oxygen atoms in total. The van der Waals surface area contributed by atoms with E-state index in [2.05, 4.69) is 53.6 Å². The second-order valence-electron chi connectivity index (χ2n) is 10.9. The van der Waals surface area contributed by atoms with Crippen LogP contribution >= 0.6 is 0 Å². The lowest BCUT2D eigenvalue weighted by molar-refractivity contribution is 0.0945. The fraction of sp³-hybridized carbons (Fsp3) is 0.429. The van der Waals surface area contributed by atoms with E-state index in [1.807, 2.05) is 16.7 Å². The van der Waals surface area contributed by atoms with E-state index in [1.165, 1.54) is 41.7 Å². The first-order chi connectivity index (χ1) is 17.3. The molecule has 1 saturated carbocycles. The Labute approximate surface area is 210 Å². The molecule has 0 unspecified atom stereocenters. The Morgan fingerprint density at radius 2 is 1.81 bits per heavy atom. The molecule has 0 spiro atoms. The normalized spacial score (nSPS) is 18.5. The zero-order valence-electron chi connectivity index (χ0n) is 21.2. The molecule has 0 bridgehead atoms. The van der Waals surface area contributed by atoms with Crippen molar-refractivity contribution in [2.45, 2.75) is 65.6 Å². The van der Waals surface area contributed by atoms with Gasteiger partial charge in [-0.2, -0.15) is 0 Å². The largest absolute Gasteiger partial charge is 0.345 e. The summed E-state index contributed by atoms with van der Waals surface area (Å²) in [6.45, 7) is 8.14. The summed E-state index contributed by atoms with van der Waals surface area (Å²) in [6.07, 6.45) is 10.7. The number of aromatic nitrogens is 4. The standard InChI is InChI=1S/C28H34N6O2/c1-28(2,3)20-8-10-21(11-9-20)29-15-19-7-12-24-31-22(18-33(24)17-19)16-30-27(36)23-14-26(35)34-13-5-4-6-25(34)32-23/h4-7,12-14,17-18,20-21,29H,8-11,15-16H2,1-3H3,(H,30,36). The van der Waals surface area contributed by atoms with E-state index in [1.54, 1.807) is 24.4 Å². The van der Waals surface area contributed by atoms with Crippen LogP contribution in [0.25, 0.3) is 11.3 Å². The van der Waals surface area contributed by atoms with Crippen molar-refractivity contribution >= 4 is 17.2 Å². The van der Waals surface area contributed by atoms with E-state index in [0.717, 1.165) is 23.8 Å². The Morgan fingerprint density at radius 3 is 2.58 bits per heavy atom. The first-order valence-corrected chi connectivity index (χ1v) is 12.7. The van der Waals surface area contributed by atoms with E-state index in [0.29, 0.717) is 17.1 Å². The molecule has 2 N–H and O–H groups in total. The van der Waals surface area contributed by atoms with E-state index in [-0.39, 0.29) is 17.8 Å². The van der Waals surface area contributed by atoms with Crippen LogP contribution in [0.3, 0.4) is 0 Å². The van der Waals surface area contributed by atoms with Gasteiger partial charge in [0.2, 0.25) is 0 Å². The Kier molecular flexibility index (Phi) is 6.62. The highest BCUT2D eigenvalue weighted by atomic mass is 16.2. The number of carbonyl (C=O) groups is 1. The molecule has 4 aromatic heterocycles. The maximum absolute atomic E-state index is 12.6. The summed E-state index contributed by atoms with van der Waals surface area (Å²) in [5, 5.41) is 6.56. The second kappa shape index (κ2) is 9.85. The highest BCUT2D eigenvalue weighted by Gasteiger charge is 2.29. The van der Waals surface area contributed by atoms with Gasteiger partial charge in [0.05, 0.1) is 12.2 Å².